The van der Waals surface area contributed by atoms with E-state index in [1.54, 1.807) is 0 Å². The summed E-state index contributed by atoms with van der Waals surface area (Å²) in [4.78, 5) is 2.47. The van der Waals surface area contributed by atoms with Gasteiger partial charge in [0, 0.05) is 16.8 Å². The number of hydrogen-bond donors (Lipinski definition) is 0. The average molecular weight is 714 g/mol. The third-order valence-electron chi connectivity index (χ3n) is 12.2. The van der Waals surface area contributed by atoms with Gasteiger partial charge in [0.05, 0.1) is 5.69 Å². The minimum absolute atomic E-state index is 0.172. The molecule has 11 rings (SSSR count). The first kappa shape index (κ1) is 32.5. The Morgan fingerprint density at radius 3 is 1.66 bits per heavy atom. The number of fused-ring (bicyclic) bond motifs is 10. The lowest BCUT2D eigenvalue weighted by Crippen LogP contribution is -2.20. The summed E-state index contributed by atoms with van der Waals surface area (Å²) >= 11 is 0. The standard InChI is InChI=1S/C55H39N/c1-55(2)52-23-10-9-21-49(52)50-22-12-24-53(54(50)55)56(43-16-11-15-39(34-43)40-26-25-36-13-3-4-14-38(36)33-40)42-30-27-37(28-31-42)41-29-32-48-46-19-6-5-17-44(46)45-18-7-8-20-47(45)51(48)35-41/h3-35H,1-2H3. The molecule has 0 bridgehead atoms. The average Bonchev–Trinajstić information content (AvgIpc) is 3.50. The highest BCUT2D eigenvalue weighted by Crippen LogP contribution is 2.54. The van der Waals surface area contributed by atoms with E-state index in [0.29, 0.717) is 0 Å². The van der Waals surface area contributed by atoms with E-state index >= 15 is 0 Å². The fourth-order valence-electron chi connectivity index (χ4n) is 9.52. The highest BCUT2D eigenvalue weighted by Gasteiger charge is 2.38. The Bertz CT molecular complexity index is 3130. The van der Waals surface area contributed by atoms with E-state index in [1.165, 1.54) is 93.3 Å². The van der Waals surface area contributed by atoms with Crippen LogP contribution in [0.2, 0.25) is 0 Å². The Hall–Kier alpha value is -6.96. The van der Waals surface area contributed by atoms with Crippen LogP contribution in [0.1, 0.15) is 25.0 Å². The largest absolute Gasteiger partial charge is 0.310 e. The fourth-order valence-corrected chi connectivity index (χ4v) is 9.52. The Balaban J connectivity index is 1.07. The van der Waals surface area contributed by atoms with E-state index in [4.69, 9.17) is 0 Å². The molecule has 264 valence electrons. The van der Waals surface area contributed by atoms with Gasteiger partial charge in [0.1, 0.15) is 0 Å². The van der Waals surface area contributed by atoms with Crippen molar-refractivity contribution in [2.45, 2.75) is 19.3 Å². The predicted octanol–water partition coefficient (Wildman–Crippen LogP) is 15.4. The van der Waals surface area contributed by atoms with Crippen molar-refractivity contribution < 1.29 is 0 Å². The summed E-state index contributed by atoms with van der Waals surface area (Å²) < 4.78 is 0. The lowest BCUT2D eigenvalue weighted by atomic mass is 9.81. The van der Waals surface area contributed by atoms with Gasteiger partial charge in [-0.3, -0.25) is 0 Å². The van der Waals surface area contributed by atoms with Crippen molar-refractivity contribution in [2.24, 2.45) is 0 Å². The predicted molar refractivity (Wildman–Crippen MR) is 240 cm³/mol. The molecule has 0 atom stereocenters. The first-order chi connectivity index (χ1) is 27.5. The zero-order valence-corrected chi connectivity index (χ0v) is 31.5. The smallest absolute Gasteiger partial charge is 0.0508 e. The summed E-state index contributed by atoms with van der Waals surface area (Å²) in [6.45, 7) is 4.75. The number of nitrogens with zero attached hydrogens (tertiary/aromatic N) is 1. The van der Waals surface area contributed by atoms with Gasteiger partial charge in [-0.05, 0) is 130 Å². The van der Waals surface area contributed by atoms with Crippen LogP contribution in [0.5, 0.6) is 0 Å². The normalized spacial score (nSPS) is 13.0. The summed E-state index contributed by atoms with van der Waals surface area (Å²) in [6, 6.07) is 74.0. The Kier molecular flexibility index (Phi) is 7.28. The highest BCUT2D eigenvalue weighted by atomic mass is 15.1. The van der Waals surface area contributed by atoms with Crippen LogP contribution >= 0.6 is 0 Å². The zero-order valence-electron chi connectivity index (χ0n) is 31.5. The number of anilines is 3. The molecular weight excluding hydrogens is 675 g/mol. The number of hydrogen-bond acceptors (Lipinski definition) is 1. The molecule has 0 amide bonds. The van der Waals surface area contributed by atoms with Crippen LogP contribution in [0, 0.1) is 0 Å². The van der Waals surface area contributed by atoms with E-state index in [-0.39, 0.29) is 5.41 Å². The van der Waals surface area contributed by atoms with Crippen LogP contribution in [0.25, 0.3) is 76.5 Å². The van der Waals surface area contributed by atoms with Gasteiger partial charge in [-0.2, -0.15) is 0 Å². The van der Waals surface area contributed by atoms with Crippen molar-refractivity contribution in [3.8, 4) is 33.4 Å². The van der Waals surface area contributed by atoms with Gasteiger partial charge in [-0.15, -0.1) is 0 Å². The molecule has 1 nitrogen and oxygen atoms in total. The van der Waals surface area contributed by atoms with Crippen LogP contribution in [-0.2, 0) is 5.41 Å². The molecule has 0 aliphatic heterocycles. The Labute approximate surface area is 327 Å². The molecule has 0 aromatic heterocycles. The molecule has 0 unspecified atom stereocenters. The second-order valence-electron chi connectivity index (χ2n) is 15.7. The topological polar surface area (TPSA) is 3.24 Å². The highest BCUT2D eigenvalue weighted by molar-refractivity contribution is 6.25. The van der Waals surface area contributed by atoms with Gasteiger partial charge in [0.2, 0.25) is 0 Å². The number of benzene rings is 10. The van der Waals surface area contributed by atoms with Crippen molar-refractivity contribution in [3.05, 3.63) is 211 Å². The minimum atomic E-state index is -0.172. The monoisotopic (exact) mass is 713 g/mol. The van der Waals surface area contributed by atoms with Crippen LogP contribution < -0.4 is 4.90 Å². The molecule has 1 aliphatic rings. The van der Waals surface area contributed by atoms with Crippen molar-refractivity contribution in [3.63, 3.8) is 0 Å². The molecule has 1 heteroatoms. The molecule has 0 heterocycles. The van der Waals surface area contributed by atoms with Crippen molar-refractivity contribution in [2.75, 3.05) is 4.90 Å². The maximum Gasteiger partial charge on any atom is 0.0508 e. The Morgan fingerprint density at radius 1 is 0.339 bits per heavy atom. The molecule has 0 saturated carbocycles. The molecule has 10 aromatic carbocycles. The summed E-state index contributed by atoms with van der Waals surface area (Å²) in [6.07, 6.45) is 0. The summed E-state index contributed by atoms with van der Waals surface area (Å²) in [7, 11) is 0. The van der Waals surface area contributed by atoms with Gasteiger partial charge in [-0.1, -0.05) is 172 Å². The van der Waals surface area contributed by atoms with Gasteiger partial charge >= 0.3 is 0 Å². The van der Waals surface area contributed by atoms with E-state index in [1.807, 2.05) is 0 Å². The van der Waals surface area contributed by atoms with Gasteiger partial charge in [0.15, 0.2) is 0 Å². The number of rotatable bonds is 5. The molecule has 0 radical (unpaired) electrons. The first-order valence-corrected chi connectivity index (χ1v) is 19.6. The second kappa shape index (κ2) is 12.5. The van der Waals surface area contributed by atoms with Crippen molar-refractivity contribution in [1.29, 1.82) is 0 Å². The summed E-state index contributed by atoms with van der Waals surface area (Å²) in [5.41, 5.74) is 13.5. The lowest BCUT2D eigenvalue weighted by Gasteiger charge is -2.32. The molecule has 0 fully saturated rings. The Morgan fingerprint density at radius 2 is 0.893 bits per heavy atom. The zero-order chi connectivity index (χ0) is 37.4. The van der Waals surface area contributed by atoms with Crippen LogP contribution in [-0.4, -0.2) is 0 Å². The van der Waals surface area contributed by atoms with Crippen molar-refractivity contribution >= 4 is 60.2 Å². The van der Waals surface area contributed by atoms with Gasteiger partial charge in [0.25, 0.3) is 0 Å². The quantitative estimate of drug-likeness (QED) is 0.161. The summed E-state index contributed by atoms with van der Waals surface area (Å²) in [5.74, 6) is 0. The van der Waals surface area contributed by atoms with Crippen LogP contribution in [0.3, 0.4) is 0 Å². The van der Waals surface area contributed by atoms with Crippen molar-refractivity contribution in [1.82, 2.24) is 0 Å². The molecule has 0 spiro atoms. The van der Waals surface area contributed by atoms with Gasteiger partial charge in [-0.25, -0.2) is 0 Å². The SMILES string of the molecule is CC1(C)c2ccccc2-c2cccc(N(c3ccc(-c4ccc5c6ccccc6c6ccccc6c5c4)cc3)c3cccc(-c4ccc5ccccc5c4)c3)c21. The molecule has 10 aromatic rings. The third-order valence-corrected chi connectivity index (χ3v) is 12.2. The van der Waals surface area contributed by atoms with Crippen LogP contribution in [0.15, 0.2) is 200 Å². The first-order valence-electron chi connectivity index (χ1n) is 19.6. The van der Waals surface area contributed by atoms with Gasteiger partial charge < -0.3 is 4.90 Å². The van der Waals surface area contributed by atoms with Crippen LogP contribution in [0.4, 0.5) is 17.1 Å². The molecule has 0 saturated heterocycles. The summed E-state index contributed by atoms with van der Waals surface area (Å²) in [5, 5.41) is 10.3. The van der Waals surface area contributed by atoms with E-state index in [0.717, 1.165) is 11.4 Å². The third kappa shape index (κ3) is 5.01. The maximum absolute atomic E-state index is 2.47. The molecule has 1 aliphatic carbocycles. The second-order valence-corrected chi connectivity index (χ2v) is 15.7. The van der Waals surface area contributed by atoms with E-state index in [9.17, 15) is 0 Å². The van der Waals surface area contributed by atoms with E-state index < -0.39 is 0 Å². The molecular formula is C55H39N. The molecule has 0 N–H and O–H groups in total. The molecule has 56 heavy (non-hydrogen) atoms. The van der Waals surface area contributed by atoms with E-state index in [2.05, 4.69) is 219 Å². The fraction of sp³-hybridized carbons (Fsp3) is 0.0545. The minimum Gasteiger partial charge on any atom is -0.310 e. The maximum atomic E-state index is 2.47. The lowest BCUT2D eigenvalue weighted by molar-refractivity contribution is 0.661.